The van der Waals surface area contributed by atoms with Gasteiger partial charge in [-0.25, -0.2) is 4.98 Å². The van der Waals surface area contributed by atoms with Crippen molar-refractivity contribution in [3.8, 4) is 0 Å². The molecule has 3 heterocycles. The maximum Gasteiger partial charge on any atom is 0.421 e. The van der Waals surface area contributed by atoms with Crippen molar-refractivity contribution >= 4 is 46.3 Å². The fourth-order valence-electron chi connectivity index (χ4n) is 4.51. The van der Waals surface area contributed by atoms with Crippen molar-refractivity contribution in [1.82, 2.24) is 20.2 Å². The maximum absolute atomic E-state index is 13.9. The molecule has 0 atom stereocenters. The monoisotopic (exact) mass is 554 g/mol. The van der Waals surface area contributed by atoms with Crippen molar-refractivity contribution in [2.75, 3.05) is 54.1 Å². The summed E-state index contributed by atoms with van der Waals surface area (Å²) >= 11 is 0. The number of fused-ring (bicyclic) bond motifs is 1. The number of halogens is 3. The van der Waals surface area contributed by atoms with Gasteiger partial charge in [0.2, 0.25) is 11.9 Å². The number of piperazine rings is 1. The zero-order chi connectivity index (χ0) is 28.7. The van der Waals surface area contributed by atoms with Crippen molar-refractivity contribution < 1.29 is 22.8 Å². The van der Waals surface area contributed by atoms with Crippen LogP contribution in [0.2, 0.25) is 0 Å². The van der Waals surface area contributed by atoms with Gasteiger partial charge in [0.15, 0.2) is 0 Å². The number of carbonyl (C=O) groups is 2. The fourth-order valence-corrected chi connectivity index (χ4v) is 4.51. The summed E-state index contributed by atoms with van der Waals surface area (Å²) < 4.78 is 41.7. The maximum atomic E-state index is 13.9. The minimum atomic E-state index is -4.77. The number of nitrogens with zero attached hydrogens (tertiary/aromatic N) is 4. The highest BCUT2D eigenvalue weighted by Gasteiger charge is 2.38. The predicted octanol–water partition coefficient (Wildman–Crippen LogP) is 4.19. The molecule has 0 bridgehead atoms. The molecule has 13 heteroatoms. The Morgan fingerprint density at radius 2 is 1.68 bits per heavy atom. The predicted molar refractivity (Wildman–Crippen MR) is 146 cm³/mol. The third-order valence-corrected chi connectivity index (χ3v) is 6.87. The van der Waals surface area contributed by atoms with Gasteiger partial charge in [-0.15, -0.1) is 0 Å². The lowest BCUT2D eigenvalue weighted by molar-refractivity contribution is -0.137. The van der Waals surface area contributed by atoms with Gasteiger partial charge in [0.1, 0.15) is 16.9 Å². The van der Waals surface area contributed by atoms with Gasteiger partial charge < -0.3 is 31.1 Å². The van der Waals surface area contributed by atoms with E-state index in [2.05, 4.69) is 48.1 Å². The Morgan fingerprint density at radius 1 is 0.975 bits per heavy atom. The zero-order valence-corrected chi connectivity index (χ0v) is 22.2. The van der Waals surface area contributed by atoms with Gasteiger partial charge in [-0.1, -0.05) is 6.07 Å². The lowest BCUT2D eigenvalue weighted by Crippen LogP contribution is -2.50. The Hall–Kier alpha value is -4.39. The molecule has 1 saturated heterocycles. The van der Waals surface area contributed by atoms with E-state index in [0.717, 1.165) is 31.9 Å². The van der Waals surface area contributed by atoms with Gasteiger partial charge in [0.05, 0.1) is 16.9 Å². The molecule has 0 aliphatic carbocycles. The minimum Gasteiger partial charge on any atom is -0.369 e. The molecule has 2 aliphatic rings. The van der Waals surface area contributed by atoms with Crippen molar-refractivity contribution in [3.05, 3.63) is 59.8 Å². The van der Waals surface area contributed by atoms with E-state index >= 15 is 0 Å². The number of hydrogen-bond donors (Lipinski definition) is 4. The average molecular weight is 555 g/mol. The summed E-state index contributed by atoms with van der Waals surface area (Å²) in [6.45, 7) is 6.80. The van der Waals surface area contributed by atoms with Gasteiger partial charge in [-0.2, -0.15) is 18.2 Å². The van der Waals surface area contributed by atoms with E-state index in [-0.39, 0.29) is 22.9 Å². The molecule has 0 saturated carbocycles. The number of nitrogens with one attached hydrogen (secondary N) is 4. The van der Waals surface area contributed by atoms with Gasteiger partial charge in [-0.05, 0) is 57.3 Å². The van der Waals surface area contributed by atoms with Crippen LogP contribution in [-0.4, -0.2) is 65.4 Å². The zero-order valence-electron chi connectivity index (χ0n) is 22.2. The molecule has 3 aromatic rings. The van der Waals surface area contributed by atoms with Crippen LogP contribution in [0.1, 0.15) is 29.8 Å². The molecule has 2 aliphatic heterocycles. The van der Waals surface area contributed by atoms with E-state index in [1.807, 2.05) is 24.3 Å². The molecule has 1 aromatic heterocycles. The number of rotatable bonds is 5. The SMILES string of the molecule is CN1CCN(c2ccc(Nc3ncc(C(F)(F)F)c(Nc4cccc5c4C(=O)NC(C)(C)C(=O)N5)n3)cc2)CC1. The quantitative estimate of drug-likeness (QED) is 0.371. The van der Waals surface area contributed by atoms with Gasteiger partial charge >= 0.3 is 6.18 Å². The summed E-state index contributed by atoms with van der Waals surface area (Å²) in [4.78, 5) is 38.0. The van der Waals surface area contributed by atoms with Gasteiger partial charge in [-0.3, -0.25) is 9.59 Å². The third-order valence-electron chi connectivity index (χ3n) is 6.87. The molecule has 2 aromatic carbocycles. The number of likely N-dealkylation sites (N-methyl/N-ethyl adjacent to an activating group) is 1. The van der Waals surface area contributed by atoms with E-state index < -0.39 is 34.9 Å². The molecule has 40 heavy (non-hydrogen) atoms. The first-order valence-corrected chi connectivity index (χ1v) is 12.7. The summed E-state index contributed by atoms with van der Waals surface area (Å²) in [5.74, 6) is -1.69. The second-order valence-corrected chi connectivity index (χ2v) is 10.3. The second kappa shape index (κ2) is 10.3. The van der Waals surface area contributed by atoms with Crippen molar-refractivity contribution in [1.29, 1.82) is 0 Å². The molecule has 4 N–H and O–H groups in total. The first kappa shape index (κ1) is 27.2. The highest BCUT2D eigenvalue weighted by Crippen LogP contribution is 2.37. The summed E-state index contributed by atoms with van der Waals surface area (Å²) in [6.07, 6.45) is -4.09. The van der Waals surface area contributed by atoms with E-state index in [9.17, 15) is 22.8 Å². The lowest BCUT2D eigenvalue weighted by atomic mass is 10.1. The summed E-state index contributed by atoms with van der Waals surface area (Å²) in [5.41, 5.74) is -0.494. The van der Waals surface area contributed by atoms with Crippen LogP contribution in [0.4, 0.5) is 47.7 Å². The smallest absolute Gasteiger partial charge is 0.369 e. The lowest BCUT2D eigenvalue weighted by Gasteiger charge is -2.34. The van der Waals surface area contributed by atoms with Crippen LogP contribution in [0.25, 0.3) is 0 Å². The van der Waals surface area contributed by atoms with Crippen molar-refractivity contribution in [2.24, 2.45) is 0 Å². The van der Waals surface area contributed by atoms with Crippen molar-refractivity contribution in [3.63, 3.8) is 0 Å². The highest BCUT2D eigenvalue weighted by atomic mass is 19.4. The van der Waals surface area contributed by atoms with E-state index in [1.54, 1.807) is 0 Å². The molecule has 210 valence electrons. The standard InChI is InChI=1S/C27H29F3N8O2/c1-26(2)24(40)34-20-6-4-5-19(21(20)23(39)36-26)33-22-18(27(28,29)30)15-31-25(35-22)32-16-7-9-17(10-8-16)38-13-11-37(3)12-14-38/h4-10,15H,11-14H2,1-3H3,(H,34,40)(H,36,39)(H2,31,32,33,35). The number of hydrogen-bond acceptors (Lipinski definition) is 8. The number of carbonyl (C=O) groups excluding carboxylic acids is 2. The van der Waals surface area contributed by atoms with E-state index in [4.69, 9.17) is 0 Å². The highest BCUT2D eigenvalue weighted by molar-refractivity contribution is 6.14. The molecule has 5 rings (SSSR count). The summed E-state index contributed by atoms with van der Waals surface area (Å²) in [5, 5.41) is 10.9. The topological polar surface area (TPSA) is 115 Å². The number of anilines is 6. The Balaban J connectivity index is 1.43. The van der Waals surface area contributed by atoms with Crippen molar-refractivity contribution in [2.45, 2.75) is 25.6 Å². The molecular formula is C27H29F3N8O2. The van der Waals surface area contributed by atoms with Crippen LogP contribution in [-0.2, 0) is 11.0 Å². The molecule has 1 fully saturated rings. The van der Waals surface area contributed by atoms with E-state index in [0.29, 0.717) is 11.9 Å². The number of benzene rings is 2. The van der Waals surface area contributed by atoms with E-state index in [1.165, 1.54) is 32.0 Å². The van der Waals surface area contributed by atoms with Crippen LogP contribution >= 0.6 is 0 Å². The van der Waals surface area contributed by atoms with Crippen LogP contribution in [0.5, 0.6) is 0 Å². The van der Waals surface area contributed by atoms with Crippen LogP contribution < -0.4 is 26.2 Å². The van der Waals surface area contributed by atoms with Crippen LogP contribution in [0.15, 0.2) is 48.7 Å². The first-order chi connectivity index (χ1) is 18.9. The number of amides is 2. The first-order valence-electron chi connectivity index (χ1n) is 12.7. The number of alkyl halides is 3. The summed E-state index contributed by atoms with van der Waals surface area (Å²) in [7, 11) is 2.08. The molecule has 0 radical (unpaired) electrons. The Labute approximate surface area is 229 Å². The molecule has 10 nitrogen and oxygen atoms in total. The minimum absolute atomic E-state index is 0.0119. The Kier molecular flexibility index (Phi) is 7.00. The largest absolute Gasteiger partial charge is 0.421 e. The Morgan fingerprint density at radius 3 is 2.35 bits per heavy atom. The number of aromatic nitrogens is 2. The average Bonchev–Trinajstić information content (AvgIpc) is 2.97. The van der Waals surface area contributed by atoms with Gasteiger partial charge in [0, 0.05) is 43.8 Å². The third kappa shape index (κ3) is 5.64. The Bertz CT molecular complexity index is 1430. The molecule has 2 amide bonds. The normalized spacial score (nSPS) is 17.4. The summed E-state index contributed by atoms with van der Waals surface area (Å²) in [6, 6.07) is 12.0. The molecule has 0 unspecified atom stereocenters. The van der Waals surface area contributed by atoms with Gasteiger partial charge in [0.25, 0.3) is 5.91 Å². The fraction of sp³-hybridized carbons (Fsp3) is 0.333. The molecular weight excluding hydrogens is 525 g/mol. The van der Waals surface area contributed by atoms with Crippen LogP contribution in [0.3, 0.4) is 0 Å². The van der Waals surface area contributed by atoms with Crippen LogP contribution in [0, 0.1) is 0 Å². The second-order valence-electron chi connectivity index (χ2n) is 10.3. The molecule has 0 spiro atoms.